The summed E-state index contributed by atoms with van der Waals surface area (Å²) in [6.07, 6.45) is 19.7. The average Bonchev–Trinajstić information content (AvgIpc) is 3.30. The van der Waals surface area contributed by atoms with Gasteiger partial charge in [0.1, 0.15) is 36.3 Å². The number of benzene rings is 1. The number of ether oxygens (including phenoxy) is 2. The Balaban J connectivity index is 1.43. The van der Waals surface area contributed by atoms with E-state index in [1.165, 1.54) is 0 Å². The molecule has 0 radical (unpaired) electrons. The summed E-state index contributed by atoms with van der Waals surface area (Å²) in [5, 5.41) is 0. The zero-order chi connectivity index (χ0) is 19.8. The highest BCUT2D eigenvalue weighted by atomic mass is 16.5. The lowest BCUT2D eigenvalue weighted by Gasteiger charge is -2.11. The van der Waals surface area contributed by atoms with E-state index in [1.807, 2.05) is 53.8 Å². The van der Waals surface area contributed by atoms with Crippen molar-refractivity contribution in [1.82, 2.24) is 9.13 Å². The maximum absolute atomic E-state index is 5.87. The molecule has 0 aliphatic heterocycles. The lowest BCUT2D eigenvalue weighted by atomic mass is 10.2. The molecule has 28 heavy (non-hydrogen) atoms. The number of nitrogens with zero attached hydrogens (tertiary/aromatic N) is 4. The van der Waals surface area contributed by atoms with E-state index < -0.39 is 0 Å². The molecule has 0 atom stereocenters. The van der Waals surface area contributed by atoms with Crippen molar-refractivity contribution >= 4 is 0 Å². The number of imidazole rings is 2. The SMILES string of the molecule is C#Cc1cc(OCCCn2cc[n+](C)c2)ccc1OCCCn1cc[n+](C)c1. The molecule has 0 aliphatic carbocycles. The van der Waals surface area contributed by atoms with Gasteiger partial charge in [0.25, 0.3) is 0 Å². The summed E-state index contributed by atoms with van der Waals surface area (Å²) in [6.45, 7) is 3.09. The average molecular weight is 380 g/mol. The molecular weight excluding hydrogens is 352 g/mol. The molecule has 2 aromatic heterocycles. The van der Waals surface area contributed by atoms with Gasteiger partial charge in [0.2, 0.25) is 12.7 Å². The van der Waals surface area contributed by atoms with Crippen LogP contribution in [0.1, 0.15) is 18.4 Å². The second-order valence-corrected chi connectivity index (χ2v) is 6.84. The van der Waals surface area contributed by atoms with Crippen LogP contribution < -0.4 is 18.6 Å². The van der Waals surface area contributed by atoms with Gasteiger partial charge in [-0.25, -0.2) is 18.3 Å². The van der Waals surface area contributed by atoms with Crippen LogP contribution in [0.4, 0.5) is 0 Å². The minimum absolute atomic E-state index is 0.616. The fourth-order valence-corrected chi connectivity index (χ4v) is 2.97. The summed E-state index contributed by atoms with van der Waals surface area (Å²) in [5.74, 6) is 4.20. The number of aryl methyl sites for hydroxylation is 4. The van der Waals surface area contributed by atoms with E-state index in [2.05, 4.69) is 40.1 Å². The molecule has 0 spiro atoms. The molecule has 0 unspecified atom stereocenters. The predicted octanol–water partition coefficient (Wildman–Crippen LogP) is 1.86. The van der Waals surface area contributed by atoms with Crippen LogP contribution in [0.5, 0.6) is 11.5 Å². The topological polar surface area (TPSA) is 36.1 Å². The Morgan fingerprint density at radius 1 is 0.929 bits per heavy atom. The molecule has 146 valence electrons. The fourth-order valence-electron chi connectivity index (χ4n) is 2.97. The van der Waals surface area contributed by atoms with Crippen LogP contribution in [-0.2, 0) is 27.2 Å². The third-order valence-electron chi connectivity index (χ3n) is 4.40. The van der Waals surface area contributed by atoms with Crippen molar-refractivity contribution in [3.05, 3.63) is 61.2 Å². The van der Waals surface area contributed by atoms with Crippen molar-refractivity contribution in [2.45, 2.75) is 25.9 Å². The molecule has 0 aliphatic rings. The van der Waals surface area contributed by atoms with Crippen LogP contribution in [0, 0.1) is 12.3 Å². The smallest absolute Gasteiger partial charge is 0.243 e. The second kappa shape index (κ2) is 9.65. The highest BCUT2D eigenvalue weighted by molar-refractivity contribution is 5.49. The molecule has 0 bridgehead atoms. The van der Waals surface area contributed by atoms with Crippen molar-refractivity contribution in [3.63, 3.8) is 0 Å². The predicted molar refractivity (Wildman–Crippen MR) is 106 cm³/mol. The van der Waals surface area contributed by atoms with Gasteiger partial charge in [0, 0.05) is 12.8 Å². The summed E-state index contributed by atoms with van der Waals surface area (Å²) in [4.78, 5) is 0. The summed E-state index contributed by atoms with van der Waals surface area (Å²) in [7, 11) is 4.02. The van der Waals surface area contributed by atoms with E-state index in [4.69, 9.17) is 15.9 Å². The van der Waals surface area contributed by atoms with E-state index in [0.717, 1.165) is 43.0 Å². The lowest BCUT2D eigenvalue weighted by Crippen LogP contribution is -2.23. The minimum Gasteiger partial charge on any atom is -0.493 e. The number of rotatable bonds is 10. The Labute approximate surface area is 166 Å². The third kappa shape index (κ3) is 5.65. The van der Waals surface area contributed by atoms with Crippen molar-refractivity contribution in [1.29, 1.82) is 0 Å². The molecular formula is C22H28N4O2+2. The van der Waals surface area contributed by atoms with Gasteiger partial charge in [-0.05, 0) is 18.2 Å². The van der Waals surface area contributed by atoms with E-state index in [0.29, 0.717) is 13.2 Å². The standard InChI is InChI=1S/C22H28N4O2/c1-4-20-17-21(27-15-5-9-25-13-11-23(2)18-25)7-8-22(20)28-16-6-10-26-14-12-24(3)19-26/h1,7-8,11-14,17-19H,5-6,9-10,15-16H2,2-3H3/q+2. The molecule has 1 aromatic carbocycles. The van der Waals surface area contributed by atoms with E-state index in [1.54, 1.807) is 0 Å². The highest BCUT2D eigenvalue weighted by Crippen LogP contribution is 2.24. The van der Waals surface area contributed by atoms with Gasteiger partial charge in [-0.1, -0.05) is 5.92 Å². The van der Waals surface area contributed by atoms with Gasteiger partial charge in [-0.3, -0.25) is 0 Å². The van der Waals surface area contributed by atoms with Crippen LogP contribution in [-0.4, -0.2) is 22.3 Å². The Morgan fingerprint density at radius 2 is 1.54 bits per heavy atom. The minimum atomic E-state index is 0.616. The fraction of sp³-hybridized carbons (Fsp3) is 0.364. The third-order valence-corrected chi connectivity index (χ3v) is 4.40. The molecule has 0 fully saturated rings. The maximum Gasteiger partial charge on any atom is 0.243 e. The molecule has 0 saturated heterocycles. The van der Waals surface area contributed by atoms with Gasteiger partial charge >= 0.3 is 0 Å². The molecule has 2 heterocycles. The lowest BCUT2D eigenvalue weighted by molar-refractivity contribution is -0.671. The van der Waals surface area contributed by atoms with Gasteiger partial charge in [-0.15, -0.1) is 6.42 Å². The van der Waals surface area contributed by atoms with Crippen LogP contribution in [0.2, 0.25) is 0 Å². The second-order valence-electron chi connectivity index (χ2n) is 6.84. The normalized spacial score (nSPS) is 10.6. The van der Waals surface area contributed by atoms with Crippen LogP contribution in [0.3, 0.4) is 0 Å². The first-order chi connectivity index (χ1) is 13.6. The van der Waals surface area contributed by atoms with Crippen LogP contribution >= 0.6 is 0 Å². The monoisotopic (exact) mass is 380 g/mol. The zero-order valence-corrected chi connectivity index (χ0v) is 16.6. The van der Waals surface area contributed by atoms with Crippen molar-refractivity contribution in [2.75, 3.05) is 13.2 Å². The molecule has 6 heteroatoms. The van der Waals surface area contributed by atoms with Gasteiger partial charge in [-0.2, -0.15) is 0 Å². The highest BCUT2D eigenvalue weighted by Gasteiger charge is 2.06. The van der Waals surface area contributed by atoms with Crippen LogP contribution in [0.25, 0.3) is 0 Å². The first-order valence-corrected chi connectivity index (χ1v) is 9.52. The van der Waals surface area contributed by atoms with E-state index in [-0.39, 0.29) is 0 Å². The summed E-state index contributed by atoms with van der Waals surface area (Å²) >= 11 is 0. The largest absolute Gasteiger partial charge is 0.493 e. The number of aromatic nitrogens is 4. The molecule has 0 N–H and O–H groups in total. The van der Waals surface area contributed by atoms with Crippen molar-refractivity contribution < 1.29 is 18.6 Å². The Bertz CT molecular complexity index is 936. The Morgan fingerprint density at radius 3 is 2.07 bits per heavy atom. The first-order valence-electron chi connectivity index (χ1n) is 9.52. The zero-order valence-electron chi connectivity index (χ0n) is 16.6. The quantitative estimate of drug-likeness (QED) is 0.306. The van der Waals surface area contributed by atoms with E-state index in [9.17, 15) is 0 Å². The van der Waals surface area contributed by atoms with E-state index >= 15 is 0 Å². The number of hydrogen-bond donors (Lipinski definition) is 0. The maximum atomic E-state index is 5.87. The molecule has 0 saturated carbocycles. The Hall–Kier alpha value is -3.20. The number of terminal acetylenes is 1. The summed E-state index contributed by atoms with van der Waals surface area (Å²) in [6, 6.07) is 5.68. The van der Waals surface area contributed by atoms with Gasteiger partial charge in [0.15, 0.2) is 0 Å². The van der Waals surface area contributed by atoms with Crippen LogP contribution in [0.15, 0.2) is 55.6 Å². The molecule has 6 nitrogen and oxygen atoms in total. The molecule has 0 amide bonds. The first kappa shape index (κ1) is 19.6. The van der Waals surface area contributed by atoms with Crippen molar-refractivity contribution in [2.24, 2.45) is 14.1 Å². The van der Waals surface area contributed by atoms with Gasteiger partial charge < -0.3 is 9.47 Å². The van der Waals surface area contributed by atoms with Crippen molar-refractivity contribution in [3.8, 4) is 23.8 Å². The molecule has 3 rings (SSSR count). The Kier molecular flexibility index (Phi) is 6.74. The number of hydrogen-bond acceptors (Lipinski definition) is 2. The molecule has 3 aromatic rings. The van der Waals surface area contributed by atoms with Gasteiger partial charge in [0.05, 0.1) is 46.0 Å². The summed E-state index contributed by atoms with van der Waals surface area (Å²) in [5.41, 5.74) is 0.724. The summed E-state index contributed by atoms with van der Waals surface area (Å²) < 4.78 is 20.0.